The van der Waals surface area contributed by atoms with Gasteiger partial charge in [-0.05, 0) is 46.3 Å². The van der Waals surface area contributed by atoms with Crippen LogP contribution in [0.25, 0.3) is 0 Å². The lowest BCUT2D eigenvalue weighted by Gasteiger charge is -2.35. The van der Waals surface area contributed by atoms with Gasteiger partial charge in [0.1, 0.15) is 11.9 Å². The molecule has 1 aliphatic rings. The zero-order valence-electron chi connectivity index (χ0n) is 13.0. The molecular weight excluding hydrogens is 389 g/mol. The number of hydrogen-bond acceptors (Lipinski definition) is 4. The van der Waals surface area contributed by atoms with Crippen LogP contribution in [0.1, 0.15) is 27.8 Å². The average molecular weight is 402 g/mol. The number of carbonyl (C=O) groups excluding carboxylic acids is 1. The second-order valence-electron chi connectivity index (χ2n) is 5.73. The molecule has 1 amide bonds. The lowest BCUT2D eigenvalue weighted by Crippen LogP contribution is -2.43. The molecule has 0 N–H and O–H groups in total. The molecule has 2 heterocycles. The van der Waals surface area contributed by atoms with Crippen LogP contribution in [0.5, 0.6) is 0 Å². The van der Waals surface area contributed by atoms with E-state index < -0.39 is 6.04 Å². The first-order valence-electron chi connectivity index (χ1n) is 7.71. The molecule has 8 heteroatoms. The van der Waals surface area contributed by atoms with Crippen molar-refractivity contribution in [1.82, 2.24) is 25.1 Å². The highest BCUT2D eigenvalue weighted by atomic mass is 79.9. The summed E-state index contributed by atoms with van der Waals surface area (Å²) >= 11 is 3.39. The molecule has 1 aromatic heterocycles. The molecule has 1 aliphatic heterocycles. The molecule has 1 unspecified atom stereocenters. The van der Waals surface area contributed by atoms with E-state index in [0.717, 1.165) is 4.47 Å². The Balaban J connectivity index is 1.79. The van der Waals surface area contributed by atoms with Crippen LogP contribution in [0, 0.1) is 5.82 Å². The van der Waals surface area contributed by atoms with Crippen LogP contribution in [0.3, 0.4) is 0 Å². The van der Waals surface area contributed by atoms with Crippen molar-refractivity contribution in [2.24, 2.45) is 0 Å². The number of nitrogens with zero attached hydrogens (tertiary/aromatic N) is 5. The summed E-state index contributed by atoms with van der Waals surface area (Å²) in [6, 6.07) is 12.8. The second kappa shape index (κ2) is 6.36. The number of aromatic nitrogens is 4. The number of rotatable bonds is 2. The minimum atomic E-state index is -0.536. The molecule has 0 fully saturated rings. The van der Waals surface area contributed by atoms with Gasteiger partial charge < -0.3 is 4.90 Å². The van der Waals surface area contributed by atoms with Gasteiger partial charge in [-0.25, -0.2) is 9.07 Å². The number of hydrogen-bond donors (Lipinski definition) is 0. The van der Waals surface area contributed by atoms with E-state index in [1.807, 2.05) is 12.1 Å². The summed E-state index contributed by atoms with van der Waals surface area (Å²) in [4.78, 5) is 14.8. The van der Waals surface area contributed by atoms with Gasteiger partial charge in [-0.1, -0.05) is 34.1 Å². The topological polar surface area (TPSA) is 63.9 Å². The molecule has 1 atom stereocenters. The van der Waals surface area contributed by atoms with Gasteiger partial charge in [0, 0.05) is 16.6 Å². The summed E-state index contributed by atoms with van der Waals surface area (Å²) in [5, 5.41) is 11.7. The van der Waals surface area contributed by atoms with E-state index in [2.05, 4.69) is 31.5 Å². The average Bonchev–Trinajstić information content (AvgIpc) is 3.09. The molecule has 0 aliphatic carbocycles. The number of tetrazole rings is 1. The molecule has 0 spiro atoms. The third kappa shape index (κ3) is 2.93. The molecule has 4 rings (SSSR count). The Morgan fingerprint density at radius 3 is 2.80 bits per heavy atom. The van der Waals surface area contributed by atoms with Gasteiger partial charge in [0.2, 0.25) is 0 Å². The van der Waals surface area contributed by atoms with Crippen molar-refractivity contribution < 1.29 is 9.18 Å². The van der Waals surface area contributed by atoms with Gasteiger partial charge in [0.05, 0.1) is 6.54 Å². The van der Waals surface area contributed by atoms with Crippen LogP contribution < -0.4 is 0 Å². The summed E-state index contributed by atoms with van der Waals surface area (Å²) in [5.41, 5.74) is 1.19. The van der Waals surface area contributed by atoms with Gasteiger partial charge in [-0.2, -0.15) is 0 Å². The van der Waals surface area contributed by atoms with Crippen molar-refractivity contribution in [3.8, 4) is 0 Å². The van der Waals surface area contributed by atoms with E-state index in [9.17, 15) is 9.18 Å². The molecule has 2 aromatic carbocycles. The van der Waals surface area contributed by atoms with E-state index in [1.54, 1.807) is 33.8 Å². The molecule has 126 valence electrons. The first kappa shape index (κ1) is 15.9. The van der Waals surface area contributed by atoms with Gasteiger partial charge in [-0.3, -0.25) is 4.79 Å². The minimum Gasteiger partial charge on any atom is -0.322 e. The number of halogens is 2. The first-order valence-corrected chi connectivity index (χ1v) is 8.51. The molecule has 0 bridgehead atoms. The fraction of sp³-hybridized carbons (Fsp3) is 0.176. The lowest BCUT2D eigenvalue weighted by atomic mass is 10.0. The molecule has 3 aromatic rings. The largest absolute Gasteiger partial charge is 0.322 e. The Morgan fingerprint density at radius 2 is 2.00 bits per heavy atom. The van der Waals surface area contributed by atoms with Crippen LogP contribution in [0.15, 0.2) is 53.0 Å². The number of benzene rings is 2. The van der Waals surface area contributed by atoms with E-state index in [0.29, 0.717) is 30.0 Å². The number of amides is 1. The molecule has 6 nitrogen and oxygen atoms in total. The van der Waals surface area contributed by atoms with Crippen LogP contribution in [-0.2, 0) is 6.54 Å². The highest BCUT2D eigenvalue weighted by molar-refractivity contribution is 9.10. The Morgan fingerprint density at radius 1 is 1.16 bits per heavy atom. The Bertz CT molecular complexity index is 944. The van der Waals surface area contributed by atoms with Crippen LogP contribution in [0.2, 0.25) is 0 Å². The van der Waals surface area contributed by atoms with Crippen molar-refractivity contribution in [2.75, 3.05) is 6.54 Å². The van der Waals surface area contributed by atoms with Crippen LogP contribution in [0.4, 0.5) is 4.39 Å². The number of fused-ring (bicyclic) bond motifs is 1. The van der Waals surface area contributed by atoms with E-state index in [1.165, 1.54) is 12.1 Å². The maximum absolute atomic E-state index is 13.8. The van der Waals surface area contributed by atoms with Crippen molar-refractivity contribution >= 4 is 21.8 Å². The predicted octanol–water partition coefficient (Wildman–Crippen LogP) is 2.82. The maximum atomic E-state index is 13.8. The highest BCUT2D eigenvalue weighted by Gasteiger charge is 2.35. The Hall–Kier alpha value is -2.61. The fourth-order valence-electron chi connectivity index (χ4n) is 3.05. The van der Waals surface area contributed by atoms with Gasteiger partial charge in [0.15, 0.2) is 5.82 Å². The lowest BCUT2D eigenvalue weighted by molar-refractivity contribution is 0.0652. The number of carbonyl (C=O) groups is 1. The maximum Gasteiger partial charge on any atom is 0.254 e. The van der Waals surface area contributed by atoms with Crippen molar-refractivity contribution in [3.63, 3.8) is 0 Å². The van der Waals surface area contributed by atoms with Gasteiger partial charge in [0.25, 0.3) is 5.91 Å². The standard InChI is InChI=1S/C17H13BrFN5O/c18-13-5-1-4-12(9-13)17(25)23-7-8-24-16(20-21-22-24)15(23)11-3-2-6-14(19)10-11/h1-6,9-10,15H,7-8H2. The first-order chi connectivity index (χ1) is 12.1. The third-order valence-electron chi connectivity index (χ3n) is 4.17. The zero-order valence-corrected chi connectivity index (χ0v) is 14.6. The summed E-state index contributed by atoms with van der Waals surface area (Å²) in [6.07, 6.45) is 0. The molecule has 25 heavy (non-hydrogen) atoms. The second-order valence-corrected chi connectivity index (χ2v) is 6.64. The van der Waals surface area contributed by atoms with E-state index >= 15 is 0 Å². The van der Waals surface area contributed by atoms with Crippen molar-refractivity contribution in [3.05, 3.63) is 75.8 Å². The van der Waals surface area contributed by atoms with E-state index in [4.69, 9.17) is 0 Å². The Kier molecular flexibility index (Phi) is 4.04. The zero-order chi connectivity index (χ0) is 17.4. The summed E-state index contributed by atoms with van der Waals surface area (Å²) in [6.45, 7) is 0.929. The molecule has 0 radical (unpaired) electrons. The Labute approximate surface area is 151 Å². The molecule has 0 saturated carbocycles. The highest BCUT2D eigenvalue weighted by Crippen LogP contribution is 2.31. The van der Waals surface area contributed by atoms with Gasteiger partial charge >= 0.3 is 0 Å². The third-order valence-corrected chi connectivity index (χ3v) is 4.66. The van der Waals surface area contributed by atoms with Gasteiger partial charge in [-0.15, -0.1) is 5.10 Å². The summed E-state index contributed by atoms with van der Waals surface area (Å²) in [5.74, 6) is 0.0157. The summed E-state index contributed by atoms with van der Waals surface area (Å²) in [7, 11) is 0. The SMILES string of the molecule is O=C(c1cccc(Br)c1)N1CCn2nnnc2C1c1cccc(F)c1. The van der Waals surface area contributed by atoms with Crippen molar-refractivity contribution in [1.29, 1.82) is 0 Å². The van der Waals surface area contributed by atoms with Crippen LogP contribution >= 0.6 is 15.9 Å². The monoisotopic (exact) mass is 401 g/mol. The van der Waals surface area contributed by atoms with Crippen LogP contribution in [-0.4, -0.2) is 37.6 Å². The van der Waals surface area contributed by atoms with Crippen molar-refractivity contribution in [2.45, 2.75) is 12.6 Å². The summed E-state index contributed by atoms with van der Waals surface area (Å²) < 4.78 is 16.2. The fourth-order valence-corrected chi connectivity index (χ4v) is 3.45. The quantitative estimate of drug-likeness (QED) is 0.662. The molecule has 0 saturated heterocycles. The smallest absolute Gasteiger partial charge is 0.254 e. The minimum absolute atomic E-state index is 0.148. The normalized spacial score (nSPS) is 16.6. The predicted molar refractivity (Wildman–Crippen MR) is 91.2 cm³/mol. The molecular formula is C17H13BrFN5O. The van der Waals surface area contributed by atoms with E-state index in [-0.39, 0.29) is 11.7 Å².